The van der Waals surface area contributed by atoms with Gasteiger partial charge in [-0.25, -0.2) is 0 Å². The fraction of sp³-hybridized carbons (Fsp3) is 0.133. The summed E-state index contributed by atoms with van der Waals surface area (Å²) < 4.78 is 6.00. The Bertz CT molecular complexity index is 584. The van der Waals surface area contributed by atoms with E-state index in [2.05, 4.69) is 21.3 Å². The van der Waals surface area contributed by atoms with Gasteiger partial charge >= 0.3 is 120 Å². The third kappa shape index (κ3) is 3.60. The predicted octanol–water partition coefficient (Wildman–Crippen LogP) is 1.42. The summed E-state index contributed by atoms with van der Waals surface area (Å²) in [5.74, 6) is 0.702. The summed E-state index contributed by atoms with van der Waals surface area (Å²) in [6, 6.07) is 15.1. The molecule has 0 bridgehead atoms. The minimum absolute atomic E-state index is 0.0860. The van der Waals surface area contributed by atoms with Crippen LogP contribution < -0.4 is 14.5 Å². The van der Waals surface area contributed by atoms with E-state index < -0.39 is 0 Å². The van der Waals surface area contributed by atoms with Crippen molar-refractivity contribution in [2.75, 3.05) is 7.11 Å². The van der Waals surface area contributed by atoms with E-state index in [0.717, 1.165) is 15.8 Å². The van der Waals surface area contributed by atoms with Gasteiger partial charge in [-0.3, -0.25) is 0 Å². The summed E-state index contributed by atoms with van der Waals surface area (Å²) in [5.41, 5.74) is 1.66. The fourth-order valence-electron chi connectivity index (χ4n) is 1.71. The molecular weight excluding hydrogens is 305 g/mol. The molecule has 0 spiro atoms. The molecule has 1 N–H and O–H groups in total. The summed E-state index contributed by atoms with van der Waals surface area (Å²) in [5, 5.41) is 2.89. The molecule has 0 atom stereocenters. The van der Waals surface area contributed by atoms with Crippen molar-refractivity contribution in [3.63, 3.8) is 0 Å². The zero-order valence-corrected chi connectivity index (χ0v) is 12.3. The van der Waals surface area contributed by atoms with Crippen molar-refractivity contribution in [1.29, 1.82) is 0 Å². The van der Waals surface area contributed by atoms with Gasteiger partial charge in [0.1, 0.15) is 0 Å². The predicted molar refractivity (Wildman–Crippen MR) is 76.0 cm³/mol. The standard InChI is InChI=1S/C15H14NO2Se/c1-18-12-6-4-5-11(9-12)10-16-15(17)13-7-2-3-8-14(13)19/h2-9H,10H2,1H3,(H,16,17). The van der Waals surface area contributed by atoms with E-state index in [1.54, 1.807) is 13.2 Å². The van der Waals surface area contributed by atoms with Crippen molar-refractivity contribution in [2.24, 2.45) is 0 Å². The Balaban J connectivity index is 2.02. The summed E-state index contributed by atoms with van der Waals surface area (Å²) >= 11 is 2.89. The molecule has 3 nitrogen and oxygen atoms in total. The Morgan fingerprint density at radius 2 is 2.00 bits per heavy atom. The monoisotopic (exact) mass is 320 g/mol. The number of hydrogen-bond donors (Lipinski definition) is 1. The van der Waals surface area contributed by atoms with Crippen LogP contribution in [0.5, 0.6) is 5.75 Å². The summed E-state index contributed by atoms with van der Waals surface area (Å²) in [4.78, 5) is 12.0. The number of carbonyl (C=O) groups is 1. The summed E-state index contributed by atoms with van der Waals surface area (Å²) in [6.07, 6.45) is 0. The van der Waals surface area contributed by atoms with E-state index in [9.17, 15) is 4.79 Å². The number of hydrogen-bond acceptors (Lipinski definition) is 2. The average molecular weight is 319 g/mol. The van der Waals surface area contributed by atoms with Crippen molar-refractivity contribution >= 4 is 26.4 Å². The first kappa shape index (κ1) is 13.7. The van der Waals surface area contributed by atoms with E-state index in [1.165, 1.54) is 0 Å². The zero-order chi connectivity index (χ0) is 13.7. The van der Waals surface area contributed by atoms with Gasteiger partial charge in [-0.05, 0) is 0 Å². The Labute approximate surface area is 120 Å². The second-order valence-corrected chi connectivity index (χ2v) is 4.95. The molecule has 0 unspecified atom stereocenters. The van der Waals surface area contributed by atoms with Crippen molar-refractivity contribution in [1.82, 2.24) is 5.32 Å². The van der Waals surface area contributed by atoms with Gasteiger partial charge in [0.25, 0.3) is 0 Å². The Morgan fingerprint density at radius 3 is 2.74 bits per heavy atom. The molecule has 0 heterocycles. The van der Waals surface area contributed by atoms with Gasteiger partial charge in [0.15, 0.2) is 0 Å². The number of methoxy groups -OCH3 is 1. The first-order valence-electron chi connectivity index (χ1n) is 5.88. The van der Waals surface area contributed by atoms with E-state index in [1.807, 2.05) is 42.5 Å². The summed E-state index contributed by atoms with van der Waals surface area (Å²) in [7, 11) is 1.63. The molecule has 2 aromatic rings. The van der Waals surface area contributed by atoms with E-state index >= 15 is 0 Å². The van der Waals surface area contributed by atoms with Crippen LogP contribution >= 0.6 is 0 Å². The number of rotatable bonds is 4. The van der Waals surface area contributed by atoms with Crippen LogP contribution in [0.15, 0.2) is 48.5 Å². The zero-order valence-electron chi connectivity index (χ0n) is 10.6. The van der Waals surface area contributed by atoms with Gasteiger partial charge in [-0.1, -0.05) is 0 Å². The van der Waals surface area contributed by atoms with E-state index in [4.69, 9.17) is 4.74 Å². The van der Waals surface area contributed by atoms with Crippen LogP contribution in [0.4, 0.5) is 0 Å². The van der Waals surface area contributed by atoms with Crippen LogP contribution in [-0.2, 0) is 6.54 Å². The van der Waals surface area contributed by atoms with Gasteiger partial charge in [0, 0.05) is 0 Å². The first-order chi connectivity index (χ1) is 9.20. The van der Waals surface area contributed by atoms with Crippen molar-refractivity contribution in [3.05, 3.63) is 59.7 Å². The third-order valence-corrected chi connectivity index (χ3v) is 3.47. The quantitative estimate of drug-likeness (QED) is 0.866. The number of amides is 1. The van der Waals surface area contributed by atoms with Crippen LogP contribution in [0.3, 0.4) is 0 Å². The fourth-order valence-corrected chi connectivity index (χ4v) is 2.22. The number of nitrogens with one attached hydrogen (secondary N) is 1. The van der Waals surface area contributed by atoms with Crippen LogP contribution in [0.2, 0.25) is 0 Å². The maximum atomic E-state index is 12.0. The molecule has 0 saturated carbocycles. The molecular formula is C15H14NO2Se. The Hall–Kier alpha value is -1.77. The number of ether oxygens (including phenoxy) is 1. The third-order valence-electron chi connectivity index (χ3n) is 2.72. The molecule has 2 rings (SSSR count). The number of benzene rings is 2. The summed E-state index contributed by atoms with van der Waals surface area (Å²) in [6.45, 7) is 0.477. The Morgan fingerprint density at radius 1 is 1.21 bits per heavy atom. The van der Waals surface area contributed by atoms with Crippen LogP contribution in [-0.4, -0.2) is 29.0 Å². The van der Waals surface area contributed by atoms with Gasteiger partial charge in [0.2, 0.25) is 0 Å². The molecule has 0 aliphatic carbocycles. The van der Waals surface area contributed by atoms with Gasteiger partial charge in [-0.2, -0.15) is 0 Å². The SMILES string of the molecule is COc1cccc(CNC(=O)c2ccccc2[Se])c1. The van der Waals surface area contributed by atoms with Crippen molar-refractivity contribution in [3.8, 4) is 5.75 Å². The molecule has 1 radical (unpaired) electrons. The molecule has 0 fully saturated rings. The molecule has 2 aromatic carbocycles. The molecule has 0 aliphatic rings. The van der Waals surface area contributed by atoms with E-state index in [-0.39, 0.29) is 5.91 Å². The van der Waals surface area contributed by atoms with Crippen molar-refractivity contribution in [2.45, 2.75) is 6.54 Å². The molecule has 0 saturated heterocycles. The molecule has 1 amide bonds. The second-order valence-electron chi connectivity index (χ2n) is 4.03. The Kier molecular flexibility index (Phi) is 4.61. The van der Waals surface area contributed by atoms with Gasteiger partial charge in [0.05, 0.1) is 0 Å². The number of carbonyl (C=O) groups excluding carboxylic acids is 1. The average Bonchev–Trinajstić information content (AvgIpc) is 2.45. The van der Waals surface area contributed by atoms with Crippen LogP contribution in [0.25, 0.3) is 0 Å². The normalized spacial score (nSPS) is 9.95. The first-order valence-corrected chi connectivity index (χ1v) is 6.73. The molecule has 4 heteroatoms. The second kappa shape index (κ2) is 6.41. The van der Waals surface area contributed by atoms with Gasteiger partial charge in [-0.15, -0.1) is 0 Å². The maximum absolute atomic E-state index is 12.0. The van der Waals surface area contributed by atoms with Crippen LogP contribution in [0, 0.1) is 0 Å². The molecule has 0 aliphatic heterocycles. The molecule has 0 aromatic heterocycles. The molecule has 19 heavy (non-hydrogen) atoms. The minimum atomic E-state index is -0.0860. The topological polar surface area (TPSA) is 38.3 Å². The van der Waals surface area contributed by atoms with E-state index in [0.29, 0.717) is 12.1 Å². The van der Waals surface area contributed by atoms with Crippen molar-refractivity contribution < 1.29 is 9.53 Å². The van der Waals surface area contributed by atoms with Crippen LogP contribution in [0.1, 0.15) is 15.9 Å². The van der Waals surface area contributed by atoms with Gasteiger partial charge < -0.3 is 0 Å². The molecule has 97 valence electrons.